The van der Waals surface area contributed by atoms with Crippen LogP contribution >= 0.6 is 0 Å². The van der Waals surface area contributed by atoms with Gasteiger partial charge in [-0.15, -0.1) is 0 Å². The number of hydrogen-bond donors (Lipinski definition) is 2. The Morgan fingerprint density at radius 1 is 0.917 bits per heavy atom. The monoisotopic (exact) mass is 327 g/mol. The molecule has 3 aromatic carbocycles. The molecule has 4 aromatic rings. The summed E-state index contributed by atoms with van der Waals surface area (Å²) in [7, 11) is 0. The molecule has 2 N–H and O–H groups in total. The van der Waals surface area contributed by atoms with E-state index in [1.807, 2.05) is 30.3 Å². The van der Waals surface area contributed by atoms with Crippen LogP contribution in [0.5, 0.6) is 5.75 Å². The van der Waals surface area contributed by atoms with Gasteiger partial charge in [0.15, 0.2) is 0 Å². The zero-order chi connectivity index (χ0) is 16.0. The Balaban J connectivity index is 0.00000169. The molecule has 1 radical (unpaired) electrons. The predicted octanol–water partition coefficient (Wildman–Crippen LogP) is 2.16. The van der Waals surface area contributed by atoms with Crippen molar-refractivity contribution in [3.8, 4) is 11.4 Å². The third-order valence-electron chi connectivity index (χ3n) is 3.87. The molecule has 0 amide bonds. The first kappa shape index (κ1) is 16.5. The molecule has 1 heterocycles. The van der Waals surface area contributed by atoms with E-state index in [1.54, 1.807) is 18.2 Å². The number of fused-ring (bicyclic) bond motifs is 3. The second kappa shape index (κ2) is 6.28. The van der Waals surface area contributed by atoms with Gasteiger partial charge >= 0.3 is 11.1 Å². The number of H-pyrrole nitrogens is 1. The number of nitrogens with one attached hydrogen (secondary N) is 1. The summed E-state index contributed by atoms with van der Waals surface area (Å²) < 4.78 is 1.32. The van der Waals surface area contributed by atoms with Gasteiger partial charge in [0.2, 0.25) is 0 Å². The summed E-state index contributed by atoms with van der Waals surface area (Å²) in [6.45, 7) is 0. The van der Waals surface area contributed by atoms with E-state index in [2.05, 4.69) is 4.98 Å². The summed E-state index contributed by atoms with van der Waals surface area (Å²) in [5.74, 6) is 0.0311. The van der Waals surface area contributed by atoms with Gasteiger partial charge in [-0.2, -0.15) is 0 Å². The molecule has 0 saturated carbocycles. The minimum atomic E-state index is -0.697. The summed E-state index contributed by atoms with van der Waals surface area (Å²) in [6, 6.07) is 17.6. The Hall–Kier alpha value is -2.34. The molecule has 4 rings (SSSR count). The zero-order valence-corrected chi connectivity index (χ0v) is 15.0. The van der Waals surface area contributed by atoms with Crippen LogP contribution in [0.4, 0.5) is 0 Å². The fourth-order valence-corrected chi connectivity index (χ4v) is 2.84. The Morgan fingerprint density at radius 2 is 1.71 bits per heavy atom. The van der Waals surface area contributed by atoms with Gasteiger partial charge in [-0.05, 0) is 23.6 Å². The number of aromatic hydroxyl groups is 1. The van der Waals surface area contributed by atoms with Crippen molar-refractivity contribution in [3.05, 3.63) is 81.4 Å². The van der Waals surface area contributed by atoms with Crippen LogP contribution in [0, 0.1) is 0 Å². The molecule has 0 atom stereocenters. The van der Waals surface area contributed by atoms with Crippen molar-refractivity contribution in [2.45, 2.75) is 0 Å². The van der Waals surface area contributed by atoms with Crippen LogP contribution in [-0.4, -0.2) is 44.2 Å². The quantitative estimate of drug-likeness (QED) is 0.320. The predicted molar refractivity (Wildman–Crippen MR) is 95.1 cm³/mol. The van der Waals surface area contributed by atoms with Crippen LogP contribution in [0.15, 0.2) is 70.3 Å². The molecular formula is C18H12N2NaO3. The van der Waals surface area contributed by atoms with E-state index in [-0.39, 0.29) is 35.3 Å². The third-order valence-corrected chi connectivity index (χ3v) is 3.87. The molecule has 0 aliphatic carbocycles. The van der Waals surface area contributed by atoms with Gasteiger partial charge in [-0.1, -0.05) is 36.4 Å². The minimum Gasteiger partial charge on any atom is -0.508 e. The summed E-state index contributed by atoms with van der Waals surface area (Å²) in [4.78, 5) is 27.1. The third kappa shape index (κ3) is 2.57. The second-order valence-corrected chi connectivity index (χ2v) is 5.30. The van der Waals surface area contributed by atoms with Crippen LogP contribution < -0.4 is 11.1 Å². The first-order valence-corrected chi connectivity index (χ1v) is 7.11. The smallest absolute Gasteiger partial charge is 0.321 e. The molecule has 0 aliphatic heterocycles. The molecule has 113 valence electrons. The van der Waals surface area contributed by atoms with E-state index in [1.165, 1.54) is 16.7 Å². The van der Waals surface area contributed by atoms with E-state index in [4.69, 9.17) is 0 Å². The molecule has 0 fully saturated rings. The van der Waals surface area contributed by atoms with Gasteiger partial charge in [-0.3, -0.25) is 14.2 Å². The maximum absolute atomic E-state index is 12.4. The van der Waals surface area contributed by atoms with Crippen LogP contribution in [0.25, 0.3) is 27.5 Å². The molecule has 0 unspecified atom stereocenters. The molecule has 6 heteroatoms. The van der Waals surface area contributed by atoms with Gasteiger partial charge in [0.1, 0.15) is 5.75 Å². The number of rotatable bonds is 1. The van der Waals surface area contributed by atoms with Crippen molar-refractivity contribution in [1.82, 2.24) is 9.55 Å². The van der Waals surface area contributed by atoms with E-state index < -0.39 is 11.1 Å². The zero-order valence-electron chi connectivity index (χ0n) is 13.0. The van der Waals surface area contributed by atoms with Gasteiger partial charge in [0, 0.05) is 41.0 Å². The number of aromatic nitrogens is 2. The molecule has 5 nitrogen and oxygen atoms in total. The van der Waals surface area contributed by atoms with E-state index in [0.717, 1.165) is 10.8 Å². The second-order valence-electron chi connectivity index (χ2n) is 5.30. The van der Waals surface area contributed by atoms with Gasteiger partial charge in [-0.25, -0.2) is 0 Å². The molecule has 24 heavy (non-hydrogen) atoms. The van der Waals surface area contributed by atoms with Crippen molar-refractivity contribution in [1.29, 1.82) is 0 Å². The molecule has 0 saturated heterocycles. The number of aromatic amines is 1. The number of hydrogen-bond acceptors (Lipinski definition) is 3. The molecule has 0 bridgehead atoms. The Labute approximate surface area is 158 Å². The minimum absolute atomic E-state index is 0. The maximum atomic E-state index is 12.4. The number of benzene rings is 3. The standard InChI is InChI=1S/C18H12N2O3.Na/c21-13-6-3-5-12(10-13)20-15-9-8-11-4-1-2-7-14(11)16(15)19-17(22)18(20)23;/h1-10,21H,(H,19,22);. The Morgan fingerprint density at radius 3 is 2.50 bits per heavy atom. The Bertz CT molecular complexity index is 1180. The molecule has 1 aromatic heterocycles. The van der Waals surface area contributed by atoms with Gasteiger partial charge in [0.05, 0.1) is 16.7 Å². The van der Waals surface area contributed by atoms with Crippen molar-refractivity contribution >= 4 is 51.4 Å². The van der Waals surface area contributed by atoms with E-state index >= 15 is 0 Å². The van der Waals surface area contributed by atoms with Crippen molar-refractivity contribution in [3.63, 3.8) is 0 Å². The first-order valence-electron chi connectivity index (χ1n) is 7.11. The van der Waals surface area contributed by atoms with Crippen LogP contribution in [0.3, 0.4) is 0 Å². The van der Waals surface area contributed by atoms with Crippen LogP contribution in [-0.2, 0) is 0 Å². The summed E-state index contributed by atoms with van der Waals surface area (Å²) in [5.41, 5.74) is 0.243. The first-order chi connectivity index (χ1) is 11.1. The molecule has 0 aliphatic rings. The van der Waals surface area contributed by atoms with Crippen LogP contribution in [0.2, 0.25) is 0 Å². The Kier molecular flexibility index (Phi) is 4.32. The maximum Gasteiger partial charge on any atom is 0.321 e. The number of phenolic OH excluding ortho intramolecular Hbond substituents is 1. The summed E-state index contributed by atoms with van der Waals surface area (Å²) >= 11 is 0. The average Bonchev–Trinajstić information content (AvgIpc) is 2.56. The summed E-state index contributed by atoms with van der Waals surface area (Å²) in [5, 5.41) is 11.5. The fraction of sp³-hybridized carbons (Fsp3) is 0. The SMILES string of the molecule is O=c1[nH]c2c3ccccc3ccc2n(-c2cccc(O)c2)c1=O.[Na]. The van der Waals surface area contributed by atoms with Gasteiger partial charge in [0.25, 0.3) is 0 Å². The van der Waals surface area contributed by atoms with Gasteiger partial charge < -0.3 is 10.1 Å². The van der Waals surface area contributed by atoms with Crippen LogP contribution in [0.1, 0.15) is 0 Å². The van der Waals surface area contributed by atoms with Crippen molar-refractivity contribution < 1.29 is 5.11 Å². The normalized spacial score (nSPS) is 10.7. The van der Waals surface area contributed by atoms with Crippen molar-refractivity contribution in [2.24, 2.45) is 0 Å². The number of phenols is 1. The molecular weight excluding hydrogens is 315 g/mol. The van der Waals surface area contributed by atoms with Crippen molar-refractivity contribution in [2.75, 3.05) is 0 Å². The molecule has 0 spiro atoms. The van der Waals surface area contributed by atoms with E-state index in [0.29, 0.717) is 16.7 Å². The number of nitrogens with zero attached hydrogens (tertiary/aromatic N) is 1. The summed E-state index contributed by atoms with van der Waals surface area (Å²) in [6.07, 6.45) is 0. The van der Waals surface area contributed by atoms with E-state index in [9.17, 15) is 14.7 Å². The largest absolute Gasteiger partial charge is 0.508 e. The fourth-order valence-electron chi connectivity index (χ4n) is 2.84. The topological polar surface area (TPSA) is 75.1 Å². The average molecular weight is 327 g/mol.